The van der Waals surface area contributed by atoms with Crippen molar-refractivity contribution < 1.29 is 9.18 Å². The van der Waals surface area contributed by atoms with Crippen molar-refractivity contribution in [2.45, 2.75) is 44.6 Å². The SMILES string of the molecule is Cc1ccc(F)cc1NC(=O)CC1(N)CCCC1. The van der Waals surface area contributed by atoms with Crippen molar-refractivity contribution in [1.82, 2.24) is 0 Å². The Hall–Kier alpha value is -1.42. The fraction of sp³-hybridized carbons (Fsp3) is 0.500. The van der Waals surface area contributed by atoms with E-state index in [1.54, 1.807) is 6.07 Å². The Bertz CT molecular complexity index is 453. The van der Waals surface area contributed by atoms with Crippen molar-refractivity contribution in [3.05, 3.63) is 29.6 Å². The first kappa shape index (κ1) is 13.0. The zero-order chi connectivity index (χ0) is 13.2. The lowest BCUT2D eigenvalue weighted by Gasteiger charge is -2.22. The molecule has 1 aliphatic rings. The van der Waals surface area contributed by atoms with Gasteiger partial charge in [-0.15, -0.1) is 0 Å². The van der Waals surface area contributed by atoms with Crippen LogP contribution in [-0.2, 0) is 4.79 Å². The number of nitrogens with one attached hydrogen (secondary N) is 1. The van der Waals surface area contributed by atoms with Gasteiger partial charge in [0, 0.05) is 17.6 Å². The number of halogens is 1. The number of anilines is 1. The highest BCUT2D eigenvalue weighted by Gasteiger charge is 2.31. The van der Waals surface area contributed by atoms with Crippen molar-refractivity contribution in [3.8, 4) is 0 Å². The van der Waals surface area contributed by atoms with E-state index in [2.05, 4.69) is 5.32 Å². The Morgan fingerprint density at radius 3 is 2.78 bits per heavy atom. The molecule has 0 radical (unpaired) electrons. The molecule has 0 heterocycles. The van der Waals surface area contributed by atoms with Gasteiger partial charge in [0.2, 0.25) is 5.91 Å². The van der Waals surface area contributed by atoms with E-state index in [4.69, 9.17) is 5.73 Å². The van der Waals surface area contributed by atoms with Gasteiger partial charge in [-0.25, -0.2) is 4.39 Å². The summed E-state index contributed by atoms with van der Waals surface area (Å²) in [5.41, 5.74) is 7.16. The van der Waals surface area contributed by atoms with Crippen molar-refractivity contribution in [1.29, 1.82) is 0 Å². The van der Waals surface area contributed by atoms with E-state index in [-0.39, 0.29) is 17.3 Å². The first-order chi connectivity index (χ1) is 8.48. The standard InChI is InChI=1S/C14H19FN2O/c1-10-4-5-11(15)8-12(10)17-13(18)9-14(16)6-2-3-7-14/h4-5,8H,2-3,6-7,9,16H2,1H3,(H,17,18). The average Bonchev–Trinajstić information content (AvgIpc) is 2.70. The summed E-state index contributed by atoms with van der Waals surface area (Å²) in [6, 6.07) is 4.37. The highest BCUT2D eigenvalue weighted by molar-refractivity contribution is 5.92. The number of hydrogen-bond acceptors (Lipinski definition) is 2. The molecule has 3 N–H and O–H groups in total. The van der Waals surface area contributed by atoms with Gasteiger partial charge in [0.15, 0.2) is 0 Å². The van der Waals surface area contributed by atoms with E-state index < -0.39 is 0 Å². The molecule has 0 unspecified atom stereocenters. The van der Waals surface area contributed by atoms with Crippen LogP contribution in [0.3, 0.4) is 0 Å². The molecule has 1 saturated carbocycles. The lowest BCUT2D eigenvalue weighted by Crippen LogP contribution is -2.40. The van der Waals surface area contributed by atoms with Gasteiger partial charge in [-0.05, 0) is 37.5 Å². The van der Waals surface area contributed by atoms with Crippen LogP contribution in [0, 0.1) is 12.7 Å². The maximum Gasteiger partial charge on any atom is 0.226 e. The Balaban J connectivity index is 2.00. The molecule has 1 fully saturated rings. The molecule has 0 spiro atoms. The molecule has 2 rings (SSSR count). The summed E-state index contributed by atoms with van der Waals surface area (Å²) in [5, 5.41) is 2.74. The topological polar surface area (TPSA) is 55.1 Å². The Morgan fingerprint density at radius 2 is 2.11 bits per heavy atom. The second-order valence-corrected chi connectivity index (χ2v) is 5.25. The third-order valence-electron chi connectivity index (χ3n) is 3.59. The van der Waals surface area contributed by atoms with Crippen molar-refractivity contribution in [2.24, 2.45) is 5.73 Å². The first-order valence-corrected chi connectivity index (χ1v) is 6.33. The summed E-state index contributed by atoms with van der Waals surface area (Å²) < 4.78 is 13.1. The summed E-state index contributed by atoms with van der Waals surface area (Å²) >= 11 is 0. The van der Waals surface area contributed by atoms with Crippen LogP contribution in [0.5, 0.6) is 0 Å². The van der Waals surface area contributed by atoms with Crippen LogP contribution < -0.4 is 11.1 Å². The van der Waals surface area contributed by atoms with E-state index in [0.717, 1.165) is 31.2 Å². The predicted molar refractivity (Wildman–Crippen MR) is 69.8 cm³/mol. The lowest BCUT2D eigenvalue weighted by atomic mass is 9.94. The predicted octanol–water partition coefficient (Wildman–Crippen LogP) is 2.73. The van der Waals surface area contributed by atoms with Gasteiger partial charge in [0.05, 0.1) is 0 Å². The molecule has 1 aromatic carbocycles. The molecule has 0 atom stereocenters. The largest absolute Gasteiger partial charge is 0.326 e. The molecule has 18 heavy (non-hydrogen) atoms. The van der Waals surface area contributed by atoms with Crippen LogP contribution in [0.4, 0.5) is 10.1 Å². The molecule has 4 heteroatoms. The minimum Gasteiger partial charge on any atom is -0.326 e. The molecule has 1 amide bonds. The van der Waals surface area contributed by atoms with Crippen LogP contribution >= 0.6 is 0 Å². The molecule has 1 aliphatic carbocycles. The summed E-state index contributed by atoms with van der Waals surface area (Å²) in [4.78, 5) is 11.9. The Labute approximate surface area is 107 Å². The monoisotopic (exact) mass is 250 g/mol. The number of benzene rings is 1. The molecular formula is C14H19FN2O. The van der Waals surface area contributed by atoms with Crippen LogP contribution in [0.25, 0.3) is 0 Å². The summed E-state index contributed by atoms with van der Waals surface area (Å²) in [6.07, 6.45) is 4.26. The molecule has 0 aromatic heterocycles. The maximum absolute atomic E-state index is 13.1. The lowest BCUT2D eigenvalue weighted by molar-refractivity contribution is -0.117. The third kappa shape index (κ3) is 3.07. The number of amides is 1. The molecular weight excluding hydrogens is 231 g/mol. The number of carbonyl (C=O) groups is 1. The quantitative estimate of drug-likeness (QED) is 0.866. The van der Waals surface area contributed by atoms with Crippen LogP contribution in [-0.4, -0.2) is 11.4 Å². The van der Waals surface area contributed by atoms with Gasteiger partial charge in [-0.3, -0.25) is 4.79 Å². The second kappa shape index (κ2) is 5.06. The van der Waals surface area contributed by atoms with Gasteiger partial charge in [-0.2, -0.15) is 0 Å². The molecule has 0 aliphatic heterocycles. The van der Waals surface area contributed by atoms with Gasteiger partial charge in [0.1, 0.15) is 5.82 Å². The molecule has 0 saturated heterocycles. The summed E-state index contributed by atoms with van der Waals surface area (Å²) in [7, 11) is 0. The highest BCUT2D eigenvalue weighted by atomic mass is 19.1. The highest BCUT2D eigenvalue weighted by Crippen LogP contribution is 2.30. The maximum atomic E-state index is 13.1. The number of nitrogens with two attached hydrogens (primary N) is 1. The van der Waals surface area contributed by atoms with Gasteiger partial charge in [-0.1, -0.05) is 18.9 Å². The first-order valence-electron chi connectivity index (χ1n) is 6.33. The Kier molecular flexibility index (Phi) is 3.66. The molecule has 3 nitrogen and oxygen atoms in total. The molecule has 0 bridgehead atoms. The fourth-order valence-electron chi connectivity index (χ4n) is 2.50. The number of carbonyl (C=O) groups excluding carboxylic acids is 1. The zero-order valence-electron chi connectivity index (χ0n) is 10.6. The van der Waals surface area contributed by atoms with Crippen molar-refractivity contribution in [3.63, 3.8) is 0 Å². The zero-order valence-corrected chi connectivity index (χ0v) is 10.6. The summed E-state index contributed by atoms with van der Waals surface area (Å²) in [5.74, 6) is -0.479. The molecule has 98 valence electrons. The number of rotatable bonds is 3. The smallest absolute Gasteiger partial charge is 0.226 e. The van der Waals surface area contributed by atoms with E-state index in [0.29, 0.717) is 12.1 Å². The van der Waals surface area contributed by atoms with Crippen LogP contribution in [0.1, 0.15) is 37.7 Å². The third-order valence-corrected chi connectivity index (χ3v) is 3.59. The van der Waals surface area contributed by atoms with Crippen molar-refractivity contribution >= 4 is 11.6 Å². The van der Waals surface area contributed by atoms with E-state index in [9.17, 15) is 9.18 Å². The Morgan fingerprint density at radius 1 is 1.44 bits per heavy atom. The minimum atomic E-state index is -0.370. The molecule has 1 aromatic rings. The second-order valence-electron chi connectivity index (χ2n) is 5.25. The number of hydrogen-bond donors (Lipinski definition) is 2. The van der Waals surface area contributed by atoms with Crippen LogP contribution in [0.2, 0.25) is 0 Å². The fourth-order valence-corrected chi connectivity index (χ4v) is 2.50. The normalized spacial score (nSPS) is 17.7. The van der Waals surface area contributed by atoms with E-state index >= 15 is 0 Å². The van der Waals surface area contributed by atoms with Crippen LogP contribution in [0.15, 0.2) is 18.2 Å². The van der Waals surface area contributed by atoms with Crippen molar-refractivity contribution in [2.75, 3.05) is 5.32 Å². The summed E-state index contributed by atoms with van der Waals surface area (Å²) in [6.45, 7) is 1.84. The van der Waals surface area contributed by atoms with E-state index in [1.165, 1.54) is 12.1 Å². The van der Waals surface area contributed by atoms with Gasteiger partial charge < -0.3 is 11.1 Å². The van der Waals surface area contributed by atoms with Gasteiger partial charge in [0.25, 0.3) is 0 Å². The van der Waals surface area contributed by atoms with E-state index in [1.807, 2.05) is 6.92 Å². The minimum absolute atomic E-state index is 0.131. The van der Waals surface area contributed by atoms with Gasteiger partial charge >= 0.3 is 0 Å². The average molecular weight is 250 g/mol. The number of aryl methyl sites for hydroxylation is 1.